The van der Waals surface area contributed by atoms with Crippen LogP contribution in [0.2, 0.25) is 0 Å². The van der Waals surface area contributed by atoms with Crippen LogP contribution in [0.25, 0.3) is 0 Å². The van der Waals surface area contributed by atoms with E-state index in [1.165, 1.54) is 6.07 Å². The van der Waals surface area contributed by atoms with Crippen molar-refractivity contribution in [3.05, 3.63) is 58.9 Å². The average Bonchev–Trinajstić information content (AvgIpc) is 2.49. The van der Waals surface area contributed by atoms with E-state index >= 15 is 0 Å². The van der Waals surface area contributed by atoms with Crippen molar-refractivity contribution in [2.45, 2.75) is 25.5 Å². The van der Waals surface area contributed by atoms with Crippen molar-refractivity contribution in [3.63, 3.8) is 0 Å². The zero-order chi connectivity index (χ0) is 15.0. The van der Waals surface area contributed by atoms with Gasteiger partial charge in [0.2, 0.25) is 0 Å². The Balaban J connectivity index is 1.92. The summed E-state index contributed by atoms with van der Waals surface area (Å²) in [6, 6.07) is 10.6. The number of nitrogens with two attached hydrogens (primary N) is 1. The van der Waals surface area contributed by atoms with Gasteiger partial charge in [0.1, 0.15) is 23.4 Å². The molecular formula is C17H18FNO2. The third-order valence-corrected chi connectivity index (χ3v) is 3.91. The molecule has 0 bridgehead atoms. The molecule has 2 aromatic carbocycles. The van der Waals surface area contributed by atoms with E-state index in [-0.39, 0.29) is 18.0 Å². The largest absolute Gasteiger partial charge is 0.497 e. The van der Waals surface area contributed by atoms with Crippen molar-refractivity contribution in [2.75, 3.05) is 7.11 Å². The summed E-state index contributed by atoms with van der Waals surface area (Å²) in [5.41, 5.74) is 8.77. The van der Waals surface area contributed by atoms with Gasteiger partial charge in [0, 0.05) is 18.0 Å². The molecule has 3 rings (SSSR count). The fraction of sp³-hybridized carbons (Fsp3) is 0.294. The van der Waals surface area contributed by atoms with Gasteiger partial charge in [-0.1, -0.05) is 6.07 Å². The van der Waals surface area contributed by atoms with Gasteiger partial charge in [-0.25, -0.2) is 4.39 Å². The maximum atomic E-state index is 13.4. The van der Waals surface area contributed by atoms with E-state index in [1.54, 1.807) is 20.1 Å². The second-order valence-corrected chi connectivity index (χ2v) is 5.36. The van der Waals surface area contributed by atoms with Crippen LogP contribution in [-0.2, 0) is 0 Å². The fourth-order valence-corrected chi connectivity index (χ4v) is 2.68. The number of aryl methyl sites for hydroxylation is 1. The molecule has 2 N–H and O–H groups in total. The van der Waals surface area contributed by atoms with Crippen LogP contribution < -0.4 is 15.2 Å². The van der Waals surface area contributed by atoms with Crippen molar-refractivity contribution >= 4 is 0 Å². The molecule has 0 amide bonds. The van der Waals surface area contributed by atoms with E-state index in [0.29, 0.717) is 12.0 Å². The van der Waals surface area contributed by atoms with E-state index in [4.69, 9.17) is 15.2 Å². The standard InChI is InChI=1S/C17H18FNO2/c1-10-7-11(3-5-14(10)18)17-9-15(19)13-8-12(20-2)4-6-16(13)21-17/h3-8,15,17H,9,19H2,1-2H3/t15-,17?/m1/s1. The van der Waals surface area contributed by atoms with Crippen molar-refractivity contribution in [1.82, 2.24) is 0 Å². The van der Waals surface area contributed by atoms with Crippen LogP contribution >= 0.6 is 0 Å². The predicted octanol–water partition coefficient (Wildman–Crippen LogP) is 3.67. The lowest BCUT2D eigenvalue weighted by Crippen LogP contribution is -2.24. The van der Waals surface area contributed by atoms with Gasteiger partial charge in [0.15, 0.2) is 0 Å². The van der Waals surface area contributed by atoms with Crippen LogP contribution in [0.3, 0.4) is 0 Å². The fourth-order valence-electron chi connectivity index (χ4n) is 2.68. The third-order valence-electron chi connectivity index (χ3n) is 3.91. The van der Waals surface area contributed by atoms with Crippen LogP contribution in [0.15, 0.2) is 36.4 Å². The molecule has 21 heavy (non-hydrogen) atoms. The second-order valence-electron chi connectivity index (χ2n) is 5.36. The van der Waals surface area contributed by atoms with Crippen LogP contribution in [0, 0.1) is 12.7 Å². The number of fused-ring (bicyclic) bond motifs is 1. The van der Waals surface area contributed by atoms with Gasteiger partial charge in [-0.15, -0.1) is 0 Å². The van der Waals surface area contributed by atoms with Gasteiger partial charge in [0.25, 0.3) is 0 Å². The lowest BCUT2D eigenvalue weighted by molar-refractivity contribution is 0.161. The van der Waals surface area contributed by atoms with Gasteiger partial charge in [0.05, 0.1) is 7.11 Å². The Morgan fingerprint density at radius 2 is 2.05 bits per heavy atom. The zero-order valence-corrected chi connectivity index (χ0v) is 12.1. The maximum Gasteiger partial charge on any atom is 0.126 e. The molecule has 1 unspecified atom stereocenters. The Hall–Kier alpha value is -2.07. The number of rotatable bonds is 2. The SMILES string of the molecule is COc1ccc2c(c1)[C@H](N)CC(c1ccc(F)c(C)c1)O2. The Kier molecular flexibility index (Phi) is 3.55. The molecule has 0 aliphatic carbocycles. The normalized spacial score (nSPS) is 20.6. The summed E-state index contributed by atoms with van der Waals surface area (Å²) >= 11 is 0. The second kappa shape index (κ2) is 5.37. The molecule has 4 heteroatoms. The van der Waals surface area contributed by atoms with E-state index in [1.807, 2.05) is 24.3 Å². The van der Waals surface area contributed by atoms with Gasteiger partial charge >= 0.3 is 0 Å². The first-order valence-corrected chi connectivity index (χ1v) is 6.94. The summed E-state index contributed by atoms with van der Waals surface area (Å²) in [5, 5.41) is 0. The first-order valence-electron chi connectivity index (χ1n) is 6.94. The molecule has 0 aromatic heterocycles. The maximum absolute atomic E-state index is 13.4. The molecule has 0 saturated heterocycles. The molecule has 3 nitrogen and oxygen atoms in total. The number of benzene rings is 2. The van der Waals surface area contributed by atoms with Crippen molar-refractivity contribution in [1.29, 1.82) is 0 Å². The number of hydrogen-bond acceptors (Lipinski definition) is 3. The topological polar surface area (TPSA) is 44.5 Å². The molecule has 0 spiro atoms. The molecule has 1 heterocycles. The van der Waals surface area contributed by atoms with E-state index < -0.39 is 0 Å². The first-order chi connectivity index (χ1) is 10.1. The summed E-state index contributed by atoms with van der Waals surface area (Å²) in [6.07, 6.45) is 0.505. The molecule has 2 aromatic rings. The molecule has 2 atom stereocenters. The summed E-state index contributed by atoms with van der Waals surface area (Å²) < 4.78 is 24.6. The summed E-state index contributed by atoms with van der Waals surface area (Å²) in [7, 11) is 1.63. The summed E-state index contributed by atoms with van der Waals surface area (Å²) in [5.74, 6) is 1.33. The molecular weight excluding hydrogens is 269 g/mol. The van der Waals surface area contributed by atoms with Crippen molar-refractivity contribution in [2.24, 2.45) is 5.73 Å². The van der Waals surface area contributed by atoms with E-state index in [0.717, 1.165) is 22.6 Å². The average molecular weight is 287 g/mol. The van der Waals surface area contributed by atoms with Crippen LogP contribution in [0.4, 0.5) is 4.39 Å². The minimum Gasteiger partial charge on any atom is -0.497 e. The van der Waals surface area contributed by atoms with Gasteiger partial charge in [-0.2, -0.15) is 0 Å². The molecule has 1 aliphatic heterocycles. The Morgan fingerprint density at radius 1 is 1.24 bits per heavy atom. The monoisotopic (exact) mass is 287 g/mol. The Morgan fingerprint density at radius 3 is 2.76 bits per heavy atom. The minimum atomic E-state index is -0.205. The quantitative estimate of drug-likeness (QED) is 0.916. The Bertz CT molecular complexity index is 672. The van der Waals surface area contributed by atoms with Crippen LogP contribution in [-0.4, -0.2) is 7.11 Å². The molecule has 0 radical (unpaired) electrons. The van der Waals surface area contributed by atoms with Crippen molar-refractivity contribution < 1.29 is 13.9 Å². The summed E-state index contributed by atoms with van der Waals surface area (Å²) in [4.78, 5) is 0. The highest BCUT2D eigenvalue weighted by molar-refractivity contribution is 5.44. The van der Waals surface area contributed by atoms with Gasteiger partial charge in [-0.3, -0.25) is 0 Å². The predicted molar refractivity (Wildman–Crippen MR) is 79.0 cm³/mol. The minimum absolute atomic E-state index is 0.126. The number of hydrogen-bond donors (Lipinski definition) is 1. The Labute approximate surface area is 123 Å². The first kappa shape index (κ1) is 13.9. The molecule has 1 aliphatic rings. The lowest BCUT2D eigenvalue weighted by Gasteiger charge is -2.31. The summed E-state index contributed by atoms with van der Waals surface area (Å²) in [6.45, 7) is 1.75. The highest BCUT2D eigenvalue weighted by Gasteiger charge is 2.27. The number of methoxy groups -OCH3 is 1. The van der Waals surface area contributed by atoms with E-state index in [2.05, 4.69) is 0 Å². The number of ether oxygens (including phenoxy) is 2. The smallest absolute Gasteiger partial charge is 0.126 e. The highest BCUT2D eigenvalue weighted by atomic mass is 19.1. The molecule has 0 saturated carbocycles. The molecule has 110 valence electrons. The van der Waals surface area contributed by atoms with Gasteiger partial charge < -0.3 is 15.2 Å². The molecule has 0 fully saturated rings. The van der Waals surface area contributed by atoms with Crippen molar-refractivity contribution in [3.8, 4) is 11.5 Å². The zero-order valence-electron chi connectivity index (χ0n) is 12.1. The lowest BCUT2D eigenvalue weighted by atomic mass is 9.93. The van der Waals surface area contributed by atoms with Crippen LogP contribution in [0.5, 0.6) is 11.5 Å². The highest BCUT2D eigenvalue weighted by Crippen LogP contribution is 2.41. The third kappa shape index (κ3) is 2.59. The van der Waals surface area contributed by atoms with Crippen LogP contribution in [0.1, 0.15) is 35.3 Å². The van der Waals surface area contributed by atoms with Gasteiger partial charge in [-0.05, 0) is 48.4 Å². The van der Waals surface area contributed by atoms with E-state index in [9.17, 15) is 4.39 Å². The number of halogens is 1.